The maximum Gasteiger partial charge on any atom is 0.307 e. The SMILES string of the molecule is CCCNC1(CC(=O)OC)CCc2ccccc2C1. The van der Waals surface area contributed by atoms with Crippen LogP contribution in [0.25, 0.3) is 0 Å². The first-order valence-electron chi connectivity index (χ1n) is 7.08. The molecular formula is C16H23NO2. The van der Waals surface area contributed by atoms with Crippen molar-refractivity contribution in [1.29, 1.82) is 0 Å². The van der Waals surface area contributed by atoms with Crippen LogP contribution in [0.1, 0.15) is 37.3 Å². The lowest BCUT2D eigenvalue weighted by atomic mass is 9.76. The van der Waals surface area contributed by atoms with Gasteiger partial charge in [-0.2, -0.15) is 0 Å². The fourth-order valence-electron chi connectivity index (χ4n) is 2.90. The van der Waals surface area contributed by atoms with Crippen molar-refractivity contribution >= 4 is 5.97 Å². The summed E-state index contributed by atoms with van der Waals surface area (Å²) in [5.41, 5.74) is 2.65. The van der Waals surface area contributed by atoms with Crippen LogP contribution in [0.15, 0.2) is 24.3 Å². The molecule has 19 heavy (non-hydrogen) atoms. The summed E-state index contributed by atoms with van der Waals surface area (Å²) in [4.78, 5) is 11.7. The van der Waals surface area contributed by atoms with Gasteiger partial charge in [-0.1, -0.05) is 31.2 Å². The summed E-state index contributed by atoms with van der Waals surface area (Å²) in [7, 11) is 1.46. The predicted molar refractivity (Wildman–Crippen MR) is 76.1 cm³/mol. The summed E-state index contributed by atoms with van der Waals surface area (Å²) < 4.78 is 4.87. The van der Waals surface area contributed by atoms with Gasteiger partial charge in [0, 0.05) is 5.54 Å². The van der Waals surface area contributed by atoms with E-state index in [2.05, 4.69) is 36.5 Å². The molecule has 1 aliphatic carbocycles. The van der Waals surface area contributed by atoms with Gasteiger partial charge < -0.3 is 10.1 Å². The standard InChI is InChI=1S/C16H23NO2/c1-3-10-17-16(12-15(18)19-2)9-8-13-6-4-5-7-14(13)11-16/h4-7,17H,3,8-12H2,1-2H3. The fraction of sp³-hybridized carbons (Fsp3) is 0.562. The van der Waals surface area contributed by atoms with E-state index < -0.39 is 0 Å². The van der Waals surface area contributed by atoms with Gasteiger partial charge in [0.05, 0.1) is 13.5 Å². The van der Waals surface area contributed by atoms with Crippen molar-refractivity contribution < 1.29 is 9.53 Å². The van der Waals surface area contributed by atoms with E-state index in [1.807, 2.05) is 0 Å². The molecule has 3 nitrogen and oxygen atoms in total. The van der Waals surface area contributed by atoms with Crippen molar-refractivity contribution in [2.24, 2.45) is 0 Å². The molecule has 0 radical (unpaired) electrons. The van der Waals surface area contributed by atoms with Gasteiger partial charge in [0.15, 0.2) is 0 Å². The van der Waals surface area contributed by atoms with Crippen LogP contribution in [-0.2, 0) is 22.4 Å². The third-order valence-electron chi connectivity index (χ3n) is 3.98. The molecule has 0 saturated carbocycles. The van der Waals surface area contributed by atoms with Crippen LogP contribution in [-0.4, -0.2) is 25.2 Å². The van der Waals surface area contributed by atoms with Gasteiger partial charge in [-0.3, -0.25) is 4.79 Å². The number of esters is 1. The van der Waals surface area contributed by atoms with E-state index in [-0.39, 0.29) is 11.5 Å². The molecule has 1 aromatic carbocycles. The van der Waals surface area contributed by atoms with Crippen LogP contribution in [0.5, 0.6) is 0 Å². The number of hydrogen-bond donors (Lipinski definition) is 1. The summed E-state index contributed by atoms with van der Waals surface area (Å²) in [6, 6.07) is 8.53. The molecule has 3 heteroatoms. The maximum absolute atomic E-state index is 11.7. The molecule has 1 aliphatic rings. The highest BCUT2D eigenvalue weighted by Crippen LogP contribution is 2.31. The van der Waals surface area contributed by atoms with Gasteiger partial charge in [0.2, 0.25) is 0 Å². The average molecular weight is 261 g/mol. The zero-order valence-corrected chi connectivity index (χ0v) is 11.9. The second-order valence-corrected chi connectivity index (χ2v) is 5.41. The molecule has 1 unspecified atom stereocenters. The Labute approximate surface area is 115 Å². The van der Waals surface area contributed by atoms with E-state index in [0.29, 0.717) is 6.42 Å². The van der Waals surface area contributed by atoms with Crippen molar-refractivity contribution in [3.63, 3.8) is 0 Å². The molecule has 2 rings (SSSR count). The number of carbonyl (C=O) groups excluding carboxylic acids is 1. The van der Waals surface area contributed by atoms with Crippen molar-refractivity contribution in [2.45, 2.75) is 44.6 Å². The molecule has 0 saturated heterocycles. The number of carbonyl (C=O) groups is 1. The number of ether oxygens (including phenoxy) is 1. The molecule has 0 aromatic heterocycles. The van der Waals surface area contributed by atoms with E-state index in [1.165, 1.54) is 18.2 Å². The van der Waals surface area contributed by atoms with E-state index in [9.17, 15) is 4.79 Å². The largest absolute Gasteiger partial charge is 0.469 e. The molecule has 0 amide bonds. The zero-order chi connectivity index (χ0) is 13.7. The highest BCUT2D eigenvalue weighted by atomic mass is 16.5. The Hall–Kier alpha value is -1.35. The lowest BCUT2D eigenvalue weighted by Crippen LogP contribution is -2.51. The van der Waals surface area contributed by atoms with Gasteiger partial charge in [-0.25, -0.2) is 0 Å². The summed E-state index contributed by atoms with van der Waals surface area (Å²) in [6.45, 7) is 3.09. The lowest BCUT2D eigenvalue weighted by molar-refractivity contribution is -0.142. The number of aryl methyl sites for hydroxylation is 1. The highest BCUT2D eigenvalue weighted by Gasteiger charge is 2.36. The summed E-state index contributed by atoms with van der Waals surface area (Å²) >= 11 is 0. The minimum absolute atomic E-state index is 0.122. The Kier molecular flexibility index (Phi) is 4.59. The van der Waals surface area contributed by atoms with Gasteiger partial charge in [-0.05, 0) is 43.4 Å². The Morgan fingerprint density at radius 3 is 2.79 bits per heavy atom. The lowest BCUT2D eigenvalue weighted by Gasteiger charge is -2.38. The predicted octanol–water partition coefficient (Wildman–Crippen LogP) is 2.48. The number of rotatable bonds is 5. The minimum Gasteiger partial charge on any atom is -0.469 e. The quantitative estimate of drug-likeness (QED) is 0.828. The van der Waals surface area contributed by atoms with Crippen molar-refractivity contribution in [3.8, 4) is 0 Å². The van der Waals surface area contributed by atoms with Crippen LogP contribution < -0.4 is 5.32 Å². The average Bonchev–Trinajstić information content (AvgIpc) is 2.45. The molecule has 1 N–H and O–H groups in total. The number of fused-ring (bicyclic) bond motifs is 1. The molecule has 0 heterocycles. The van der Waals surface area contributed by atoms with Gasteiger partial charge in [0.25, 0.3) is 0 Å². The second-order valence-electron chi connectivity index (χ2n) is 5.41. The Bertz CT molecular complexity index is 444. The smallest absolute Gasteiger partial charge is 0.307 e. The molecule has 0 bridgehead atoms. The van der Waals surface area contributed by atoms with Crippen molar-refractivity contribution in [1.82, 2.24) is 5.32 Å². The van der Waals surface area contributed by atoms with Gasteiger partial charge in [-0.15, -0.1) is 0 Å². The summed E-state index contributed by atoms with van der Waals surface area (Å²) in [5, 5.41) is 3.59. The van der Waals surface area contributed by atoms with Crippen molar-refractivity contribution in [3.05, 3.63) is 35.4 Å². The first kappa shape index (κ1) is 14.1. The Balaban J connectivity index is 2.18. The molecule has 0 aliphatic heterocycles. The summed E-state index contributed by atoms with van der Waals surface area (Å²) in [5.74, 6) is -0.122. The number of methoxy groups -OCH3 is 1. The summed E-state index contributed by atoms with van der Waals surface area (Å²) in [6.07, 6.45) is 4.48. The first-order chi connectivity index (χ1) is 9.19. The van der Waals surface area contributed by atoms with Gasteiger partial charge >= 0.3 is 5.97 Å². The van der Waals surface area contributed by atoms with Gasteiger partial charge in [0.1, 0.15) is 0 Å². The van der Waals surface area contributed by atoms with E-state index in [0.717, 1.165) is 32.2 Å². The molecule has 0 spiro atoms. The Morgan fingerprint density at radius 1 is 1.37 bits per heavy atom. The number of benzene rings is 1. The second kappa shape index (κ2) is 6.20. The number of nitrogens with one attached hydrogen (secondary N) is 1. The van der Waals surface area contributed by atoms with E-state index >= 15 is 0 Å². The minimum atomic E-state index is -0.128. The van der Waals surface area contributed by atoms with Crippen LogP contribution in [0.2, 0.25) is 0 Å². The molecule has 0 fully saturated rings. The highest BCUT2D eigenvalue weighted by molar-refractivity contribution is 5.71. The molecule has 1 atom stereocenters. The van der Waals surface area contributed by atoms with E-state index in [4.69, 9.17) is 4.74 Å². The van der Waals surface area contributed by atoms with Crippen LogP contribution >= 0.6 is 0 Å². The van der Waals surface area contributed by atoms with E-state index in [1.54, 1.807) is 0 Å². The Morgan fingerprint density at radius 2 is 2.11 bits per heavy atom. The fourth-order valence-corrected chi connectivity index (χ4v) is 2.90. The monoisotopic (exact) mass is 261 g/mol. The first-order valence-corrected chi connectivity index (χ1v) is 7.08. The maximum atomic E-state index is 11.7. The van der Waals surface area contributed by atoms with Crippen molar-refractivity contribution in [2.75, 3.05) is 13.7 Å². The number of hydrogen-bond acceptors (Lipinski definition) is 3. The molecule has 104 valence electrons. The van der Waals surface area contributed by atoms with Crippen LogP contribution in [0.4, 0.5) is 0 Å². The molecular weight excluding hydrogens is 238 g/mol. The topological polar surface area (TPSA) is 38.3 Å². The third kappa shape index (κ3) is 3.35. The molecule has 1 aromatic rings. The zero-order valence-electron chi connectivity index (χ0n) is 11.9. The normalized spacial score (nSPS) is 21.8. The van der Waals surface area contributed by atoms with Crippen LogP contribution in [0, 0.1) is 0 Å². The third-order valence-corrected chi connectivity index (χ3v) is 3.98. The van der Waals surface area contributed by atoms with Crippen LogP contribution in [0.3, 0.4) is 0 Å².